The minimum Gasteiger partial charge on any atom is -0.437 e. The molecule has 0 radical (unpaired) electrons. The Morgan fingerprint density at radius 2 is 2.00 bits per heavy atom. The van der Waals surface area contributed by atoms with Crippen LogP contribution in [-0.4, -0.2) is 9.97 Å². The van der Waals surface area contributed by atoms with Gasteiger partial charge in [-0.25, -0.2) is 4.98 Å². The number of hydrogen-bond donors (Lipinski definition) is 0. The third kappa shape index (κ3) is 2.68. The minimum atomic E-state index is -2.33. The highest BCUT2D eigenvalue weighted by molar-refractivity contribution is 6.08. The highest BCUT2D eigenvalue weighted by Crippen LogP contribution is 2.36. The Balaban J connectivity index is 1.99. The Hall–Kier alpha value is -2.68. The molecule has 3 heterocycles. The predicted molar refractivity (Wildman–Crippen MR) is 108 cm³/mol. The van der Waals surface area contributed by atoms with Crippen LogP contribution in [-0.2, 0) is 0 Å². The summed E-state index contributed by atoms with van der Waals surface area (Å²) in [6, 6.07) is 11.5. The topological polar surface area (TPSA) is 38.9 Å². The van der Waals surface area contributed by atoms with Crippen LogP contribution in [0.4, 0.5) is 0 Å². The van der Waals surface area contributed by atoms with Gasteiger partial charge in [-0.2, -0.15) is 0 Å². The molecule has 0 aliphatic rings. The van der Waals surface area contributed by atoms with Gasteiger partial charge >= 0.3 is 0 Å². The second kappa shape index (κ2) is 6.56. The first kappa shape index (κ1) is 12.6. The monoisotopic (exact) mass is 348 g/mol. The fourth-order valence-electron chi connectivity index (χ4n) is 3.50. The van der Waals surface area contributed by atoms with Crippen LogP contribution in [0.25, 0.3) is 33.3 Å². The number of nitrogens with zero attached hydrogens (tertiary/aromatic N) is 2. The average molecular weight is 348 g/mol. The first-order valence-electron chi connectivity index (χ1n) is 11.0. The van der Waals surface area contributed by atoms with Gasteiger partial charge in [-0.15, -0.1) is 0 Å². The molecule has 1 aromatic carbocycles. The van der Waals surface area contributed by atoms with Crippen LogP contribution >= 0.6 is 0 Å². The summed E-state index contributed by atoms with van der Waals surface area (Å²) < 4.78 is 38.8. The molecule has 0 amide bonds. The van der Waals surface area contributed by atoms with E-state index in [1.54, 1.807) is 6.07 Å². The molecule has 0 aliphatic carbocycles. The summed E-state index contributed by atoms with van der Waals surface area (Å²) in [5.41, 5.74) is 4.09. The van der Waals surface area contributed by atoms with Gasteiger partial charge in [0.2, 0.25) is 5.71 Å². The van der Waals surface area contributed by atoms with Crippen molar-refractivity contribution in [1.82, 2.24) is 9.97 Å². The van der Waals surface area contributed by atoms with E-state index in [1.165, 1.54) is 6.20 Å². The Morgan fingerprint density at radius 3 is 2.77 bits per heavy atom. The number of para-hydroxylation sites is 1. The van der Waals surface area contributed by atoms with Crippen molar-refractivity contribution in [2.45, 2.75) is 46.4 Å². The number of hydrogen-bond acceptors (Lipinski definition) is 3. The van der Waals surface area contributed by atoms with Crippen LogP contribution in [0.3, 0.4) is 0 Å². The third-order valence-corrected chi connectivity index (χ3v) is 4.92. The molecule has 0 aliphatic heterocycles. The second-order valence-electron chi connectivity index (χ2n) is 6.52. The number of fused-ring (bicyclic) bond motifs is 3. The van der Waals surface area contributed by atoms with Crippen molar-refractivity contribution in [1.29, 1.82) is 0 Å². The van der Waals surface area contributed by atoms with Crippen LogP contribution in [0.5, 0.6) is 0 Å². The zero-order valence-electron chi connectivity index (χ0n) is 19.3. The van der Waals surface area contributed by atoms with Gasteiger partial charge in [0.25, 0.3) is 0 Å². The van der Waals surface area contributed by atoms with Crippen molar-refractivity contribution in [2.75, 3.05) is 0 Å². The lowest BCUT2D eigenvalue weighted by Gasteiger charge is -2.16. The fraction of sp³-hybridized carbons (Fsp3) is 0.304. The molecule has 0 atom stereocenters. The van der Waals surface area contributed by atoms with Crippen LogP contribution in [0.15, 0.2) is 47.0 Å². The van der Waals surface area contributed by atoms with Crippen LogP contribution in [0.1, 0.15) is 54.9 Å². The second-order valence-corrected chi connectivity index (χ2v) is 6.52. The van der Waals surface area contributed by atoms with E-state index in [-0.39, 0.29) is 5.56 Å². The Bertz CT molecular complexity index is 1240. The molecular formula is C23H24N2O. The summed E-state index contributed by atoms with van der Waals surface area (Å²) in [5.74, 6) is -0.998. The molecule has 0 fully saturated rings. The summed E-state index contributed by atoms with van der Waals surface area (Å²) in [7, 11) is 0. The lowest BCUT2D eigenvalue weighted by atomic mass is 9.90. The molecule has 3 nitrogen and oxygen atoms in total. The molecule has 0 unspecified atom stereocenters. The molecule has 0 spiro atoms. The number of pyridine rings is 2. The van der Waals surface area contributed by atoms with Crippen LogP contribution in [0, 0.1) is 13.8 Å². The molecule has 4 rings (SSSR count). The van der Waals surface area contributed by atoms with Crippen molar-refractivity contribution in [3.8, 4) is 11.3 Å². The Kier molecular flexibility index (Phi) is 3.19. The lowest BCUT2D eigenvalue weighted by molar-refractivity contribution is 0.637. The lowest BCUT2D eigenvalue weighted by Crippen LogP contribution is -2.00. The highest BCUT2D eigenvalue weighted by Gasteiger charge is 2.16. The molecule has 3 heteroatoms. The SMILES string of the molecule is [2H]C([2H])([2H])c1cnc(-c2cccc3c2oc2nc(C)ccc23)cc1C([2H])(CC)CC. The molecule has 0 saturated carbocycles. The molecule has 26 heavy (non-hydrogen) atoms. The average Bonchev–Trinajstić information content (AvgIpc) is 3.09. The first-order valence-corrected chi connectivity index (χ1v) is 8.98. The maximum absolute atomic E-state index is 8.90. The van der Waals surface area contributed by atoms with Crippen LogP contribution in [0.2, 0.25) is 0 Å². The van der Waals surface area contributed by atoms with Gasteiger partial charge in [-0.3, -0.25) is 4.98 Å². The summed E-state index contributed by atoms with van der Waals surface area (Å²) >= 11 is 0. The number of furan rings is 1. The molecular weight excluding hydrogens is 320 g/mol. The summed E-state index contributed by atoms with van der Waals surface area (Å²) in [5, 5.41) is 1.86. The highest BCUT2D eigenvalue weighted by atomic mass is 16.3. The summed E-state index contributed by atoms with van der Waals surface area (Å²) in [6.45, 7) is 3.41. The molecule has 4 aromatic rings. The van der Waals surface area contributed by atoms with E-state index in [2.05, 4.69) is 9.97 Å². The number of rotatable bonds is 4. The van der Waals surface area contributed by atoms with Gasteiger partial charge in [-0.05, 0) is 67.9 Å². The molecule has 0 N–H and O–H groups in total. The molecule has 132 valence electrons. The maximum Gasteiger partial charge on any atom is 0.227 e. The Morgan fingerprint density at radius 1 is 1.15 bits per heavy atom. The summed E-state index contributed by atoms with van der Waals surface area (Å²) in [4.78, 5) is 8.96. The van der Waals surface area contributed by atoms with E-state index < -0.39 is 12.7 Å². The number of aryl methyl sites for hydroxylation is 2. The standard InChI is InChI=1S/C23H24N2O/c1-5-16(6-2)20-12-21(24-13-14(20)3)19-9-7-8-17-18-11-10-15(4)25-23(18)26-22(17)19/h7-13,16H,5-6H2,1-4H3/i3D3,16D. The first-order chi connectivity index (χ1) is 14.2. The Labute approximate surface area is 159 Å². The van der Waals surface area contributed by atoms with Gasteiger partial charge in [0, 0.05) is 33.7 Å². The van der Waals surface area contributed by atoms with Gasteiger partial charge in [0.15, 0.2) is 0 Å². The largest absolute Gasteiger partial charge is 0.437 e. The van der Waals surface area contributed by atoms with Gasteiger partial charge < -0.3 is 4.42 Å². The van der Waals surface area contributed by atoms with Crippen molar-refractivity contribution < 1.29 is 9.90 Å². The number of aromatic nitrogens is 2. The summed E-state index contributed by atoms with van der Waals surface area (Å²) in [6.07, 6.45) is 2.41. The predicted octanol–water partition coefficient (Wildman–Crippen LogP) is 6.56. The quantitative estimate of drug-likeness (QED) is 0.419. The van der Waals surface area contributed by atoms with E-state index in [0.717, 1.165) is 22.0 Å². The van der Waals surface area contributed by atoms with Gasteiger partial charge in [0.1, 0.15) is 5.58 Å². The normalized spacial score (nSPS) is 14.9. The van der Waals surface area contributed by atoms with Gasteiger partial charge in [-0.1, -0.05) is 26.0 Å². The fourth-order valence-corrected chi connectivity index (χ4v) is 3.50. The zero-order chi connectivity index (χ0) is 21.7. The number of benzene rings is 1. The molecule has 0 bridgehead atoms. The molecule has 3 aromatic heterocycles. The van der Waals surface area contributed by atoms with Crippen molar-refractivity contribution >= 4 is 22.1 Å². The van der Waals surface area contributed by atoms with E-state index in [1.807, 2.05) is 51.1 Å². The van der Waals surface area contributed by atoms with E-state index in [0.29, 0.717) is 35.4 Å². The van der Waals surface area contributed by atoms with E-state index in [9.17, 15) is 0 Å². The van der Waals surface area contributed by atoms with Crippen molar-refractivity contribution in [2.24, 2.45) is 0 Å². The zero-order valence-corrected chi connectivity index (χ0v) is 15.3. The van der Waals surface area contributed by atoms with E-state index >= 15 is 0 Å². The maximum atomic E-state index is 8.90. The van der Waals surface area contributed by atoms with E-state index in [4.69, 9.17) is 9.90 Å². The third-order valence-electron chi connectivity index (χ3n) is 4.92. The van der Waals surface area contributed by atoms with Crippen LogP contribution < -0.4 is 0 Å². The molecule has 0 saturated heterocycles. The smallest absolute Gasteiger partial charge is 0.227 e. The van der Waals surface area contributed by atoms with Gasteiger partial charge in [0.05, 0.1) is 5.69 Å². The van der Waals surface area contributed by atoms with Crippen molar-refractivity contribution in [3.05, 3.63) is 59.4 Å². The minimum absolute atomic E-state index is 0.138. The van der Waals surface area contributed by atoms with Crippen molar-refractivity contribution in [3.63, 3.8) is 0 Å².